The molecule has 0 saturated heterocycles. The second kappa shape index (κ2) is 5.78. The summed E-state index contributed by atoms with van der Waals surface area (Å²) in [7, 11) is 1.69. The normalized spacial score (nSPS) is 10.1. The number of hydrogen-bond donors (Lipinski definition) is 0. The van der Waals surface area contributed by atoms with Crippen LogP contribution in [0.3, 0.4) is 0 Å². The monoisotopic (exact) mass is 256 g/mol. The van der Waals surface area contributed by atoms with Gasteiger partial charge in [-0.25, -0.2) is 0 Å². The van der Waals surface area contributed by atoms with Gasteiger partial charge in [-0.15, -0.1) is 0 Å². The number of rotatable bonds is 4. The Morgan fingerprint density at radius 1 is 1.06 bits per heavy atom. The highest BCUT2D eigenvalue weighted by Gasteiger charge is 2.08. The maximum absolute atomic E-state index is 5.36. The van der Waals surface area contributed by atoms with Crippen LogP contribution in [0.25, 0.3) is 4.91 Å². The Kier molecular flexibility index (Phi) is 4.11. The van der Waals surface area contributed by atoms with Crippen LogP contribution in [0.4, 0.5) is 0 Å². The molecule has 0 atom stereocenters. The predicted molar refractivity (Wildman–Crippen MR) is 79.1 cm³/mol. The van der Waals surface area contributed by atoms with E-state index in [1.165, 1.54) is 10.5 Å². The van der Waals surface area contributed by atoms with E-state index in [2.05, 4.69) is 25.6 Å². The van der Waals surface area contributed by atoms with Crippen molar-refractivity contribution in [3.63, 3.8) is 0 Å². The molecule has 2 rings (SSSR count). The third kappa shape index (κ3) is 2.77. The van der Waals surface area contributed by atoms with Crippen LogP contribution in [0, 0.1) is 6.92 Å². The Labute approximate surface area is 112 Å². The molecule has 2 heteroatoms. The van der Waals surface area contributed by atoms with E-state index < -0.39 is 0 Å². The van der Waals surface area contributed by atoms with Crippen LogP contribution >= 0.6 is 11.8 Å². The van der Waals surface area contributed by atoms with Gasteiger partial charge in [0.1, 0.15) is 5.75 Å². The Bertz CT molecular complexity index is 561. The van der Waals surface area contributed by atoms with E-state index in [0.717, 1.165) is 16.2 Å². The number of methoxy groups -OCH3 is 1. The van der Waals surface area contributed by atoms with E-state index in [1.807, 2.05) is 36.4 Å². The number of thioether (sulfide) groups is 1. The smallest absolute Gasteiger partial charge is 0.127 e. The van der Waals surface area contributed by atoms with Crippen molar-refractivity contribution in [1.82, 2.24) is 0 Å². The molecule has 0 radical (unpaired) electrons. The van der Waals surface area contributed by atoms with Gasteiger partial charge in [0.25, 0.3) is 0 Å². The summed E-state index contributed by atoms with van der Waals surface area (Å²) in [6.07, 6.45) is 0. The summed E-state index contributed by atoms with van der Waals surface area (Å²) in [5.41, 5.74) is 2.31. The van der Waals surface area contributed by atoms with Crippen LogP contribution in [0.15, 0.2) is 60.0 Å². The first-order valence-electron chi connectivity index (χ1n) is 5.78. The number of para-hydroxylation sites is 1. The van der Waals surface area contributed by atoms with Crippen LogP contribution in [-0.4, -0.2) is 7.11 Å². The Morgan fingerprint density at radius 2 is 1.72 bits per heavy atom. The number of benzene rings is 2. The molecule has 2 aromatic carbocycles. The van der Waals surface area contributed by atoms with Gasteiger partial charge in [0.05, 0.1) is 7.11 Å². The van der Waals surface area contributed by atoms with Gasteiger partial charge in [-0.3, -0.25) is 0 Å². The number of aryl methyl sites for hydroxylation is 1. The first-order chi connectivity index (χ1) is 8.72. The largest absolute Gasteiger partial charge is 0.496 e. The topological polar surface area (TPSA) is 9.23 Å². The standard InChI is InChI=1S/C16H16OS/c1-12-8-4-7-11-16(12)18-13(2)14-9-5-6-10-15(14)17-3/h4-11H,2H2,1,3H3. The minimum absolute atomic E-state index is 0.864. The minimum atomic E-state index is 0.864. The Balaban J connectivity index is 2.25. The fourth-order valence-corrected chi connectivity index (χ4v) is 2.65. The van der Waals surface area contributed by atoms with E-state index in [0.29, 0.717) is 0 Å². The van der Waals surface area contributed by atoms with Crippen molar-refractivity contribution >= 4 is 16.7 Å². The third-order valence-electron chi connectivity index (χ3n) is 2.73. The summed E-state index contributed by atoms with van der Waals surface area (Å²) in [5.74, 6) is 0.864. The molecule has 0 unspecified atom stereocenters. The molecular formula is C16H16OS. The molecule has 0 aliphatic rings. The van der Waals surface area contributed by atoms with E-state index in [-0.39, 0.29) is 0 Å². The van der Waals surface area contributed by atoms with Crippen LogP contribution in [-0.2, 0) is 0 Å². The first-order valence-corrected chi connectivity index (χ1v) is 6.60. The van der Waals surface area contributed by atoms with Crippen LogP contribution in [0.1, 0.15) is 11.1 Å². The molecule has 0 heterocycles. The van der Waals surface area contributed by atoms with E-state index in [9.17, 15) is 0 Å². The molecule has 0 aromatic heterocycles. The van der Waals surface area contributed by atoms with Crippen molar-refractivity contribution in [1.29, 1.82) is 0 Å². The molecule has 1 nitrogen and oxygen atoms in total. The molecule has 2 aromatic rings. The van der Waals surface area contributed by atoms with E-state index in [4.69, 9.17) is 4.74 Å². The molecule has 0 fully saturated rings. The maximum Gasteiger partial charge on any atom is 0.127 e. The molecular weight excluding hydrogens is 240 g/mol. The summed E-state index contributed by atoms with van der Waals surface area (Å²) in [5, 5.41) is 0. The lowest BCUT2D eigenvalue weighted by Crippen LogP contribution is -1.89. The molecule has 18 heavy (non-hydrogen) atoms. The highest BCUT2D eigenvalue weighted by Crippen LogP contribution is 2.38. The molecule has 0 spiro atoms. The van der Waals surface area contributed by atoms with Crippen molar-refractivity contribution in [3.8, 4) is 5.75 Å². The van der Waals surface area contributed by atoms with Gasteiger partial charge in [0, 0.05) is 15.4 Å². The lowest BCUT2D eigenvalue weighted by atomic mass is 10.2. The lowest BCUT2D eigenvalue weighted by Gasteiger charge is -2.11. The number of ether oxygens (including phenoxy) is 1. The number of hydrogen-bond acceptors (Lipinski definition) is 2. The van der Waals surface area contributed by atoms with Crippen LogP contribution in [0.2, 0.25) is 0 Å². The van der Waals surface area contributed by atoms with Crippen LogP contribution in [0.5, 0.6) is 5.75 Å². The second-order valence-electron chi connectivity index (χ2n) is 3.99. The average Bonchev–Trinajstić information content (AvgIpc) is 2.41. The summed E-state index contributed by atoms with van der Waals surface area (Å²) in [6, 6.07) is 16.3. The highest BCUT2D eigenvalue weighted by molar-refractivity contribution is 8.08. The van der Waals surface area contributed by atoms with Gasteiger partial charge in [-0.05, 0) is 24.6 Å². The minimum Gasteiger partial charge on any atom is -0.496 e. The molecule has 0 amide bonds. The Morgan fingerprint density at radius 3 is 2.44 bits per heavy atom. The van der Waals surface area contributed by atoms with Gasteiger partial charge in [-0.1, -0.05) is 54.7 Å². The van der Waals surface area contributed by atoms with Gasteiger partial charge in [0.2, 0.25) is 0 Å². The van der Waals surface area contributed by atoms with E-state index in [1.54, 1.807) is 18.9 Å². The quantitative estimate of drug-likeness (QED) is 0.729. The SMILES string of the molecule is C=C(Sc1ccccc1C)c1ccccc1OC. The first kappa shape index (κ1) is 12.8. The van der Waals surface area contributed by atoms with Crippen molar-refractivity contribution in [2.45, 2.75) is 11.8 Å². The van der Waals surface area contributed by atoms with E-state index >= 15 is 0 Å². The highest BCUT2D eigenvalue weighted by atomic mass is 32.2. The van der Waals surface area contributed by atoms with Gasteiger partial charge < -0.3 is 4.74 Å². The zero-order chi connectivity index (χ0) is 13.0. The van der Waals surface area contributed by atoms with Crippen molar-refractivity contribution in [2.24, 2.45) is 0 Å². The molecule has 0 bridgehead atoms. The zero-order valence-electron chi connectivity index (χ0n) is 10.6. The van der Waals surface area contributed by atoms with Crippen molar-refractivity contribution in [2.75, 3.05) is 7.11 Å². The fourth-order valence-electron chi connectivity index (χ4n) is 1.73. The molecule has 0 saturated carbocycles. The molecule has 0 N–H and O–H groups in total. The second-order valence-corrected chi connectivity index (χ2v) is 5.13. The third-order valence-corrected chi connectivity index (χ3v) is 3.88. The maximum atomic E-state index is 5.36. The fraction of sp³-hybridized carbons (Fsp3) is 0.125. The lowest BCUT2D eigenvalue weighted by molar-refractivity contribution is 0.414. The van der Waals surface area contributed by atoms with Gasteiger partial charge in [0.15, 0.2) is 0 Å². The zero-order valence-corrected chi connectivity index (χ0v) is 11.5. The summed E-state index contributed by atoms with van der Waals surface area (Å²) in [6.45, 7) is 6.26. The van der Waals surface area contributed by atoms with Gasteiger partial charge in [-0.2, -0.15) is 0 Å². The molecule has 92 valence electrons. The van der Waals surface area contributed by atoms with Crippen molar-refractivity contribution < 1.29 is 4.74 Å². The van der Waals surface area contributed by atoms with Gasteiger partial charge >= 0.3 is 0 Å². The van der Waals surface area contributed by atoms with Crippen molar-refractivity contribution in [3.05, 3.63) is 66.2 Å². The molecule has 0 aliphatic heterocycles. The summed E-state index contributed by atoms with van der Waals surface area (Å²) in [4.78, 5) is 2.23. The average molecular weight is 256 g/mol. The Hall–Kier alpha value is -1.67. The summed E-state index contributed by atoms with van der Waals surface area (Å²) >= 11 is 1.68. The van der Waals surface area contributed by atoms with Crippen LogP contribution < -0.4 is 4.74 Å². The molecule has 0 aliphatic carbocycles. The predicted octanol–water partition coefficient (Wildman–Crippen LogP) is 4.77. The summed E-state index contributed by atoms with van der Waals surface area (Å²) < 4.78 is 5.36.